The van der Waals surface area contributed by atoms with Crippen LogP contribution >= 0.6 is 11.3 Å². The minimum atomic E-state index is 0.512. The maximum atomic E-state index is 4.80. The van der Waals surface area contributed by atoms with Crippen molar-refractivity contribution in [1.82, 2.24) is 14.8 Å². The van der Waals surface area contributed by atoms with Crippen LogP contribution in [0.4, 0.5) is 0 Å². The van der Waals surface area contributed by atoms with E-state index in [0.29, 0.717) is 6.54 Å². The summed E-state index contributed by atoms with van der Waals surface area (Å²) in [5, 5.41) is 9.61. The molecule has 0 N–H and O–H groups in total. The summed E-state index contributed by atoms with van der Waals surface area (Å²) in [5.74, 6) is 1.76. The van der Waals surface area contributed by atoms with Gasteiger partial charge in [0.15, 0.2) is 5.82 Å². The average Bonchev–Trinajstić information content (AvgIpc) is 2.94. The fourth-order valence-electron chi connectivity index (χ4n) is 2.65. The van der Waals surface area contributed by atoms with E-state index in [1.54, 1.807) is 17.4 Å². The number of thiophene rings is 1. The summed E-state index contributed by atoms with van der Waals surface area (Å²) >= 11 is 1.76. The highest BCUT2D eigenvalue weighted by Gasteiger charge is 2.26. The monoisotopic (exact) mass is 310 g/mol. The van der Waals surface area contributed by atoms with Crippen molar-refractivity contribution in [1.29, 1.82) is 0 Å². The third-order valence-corrected chi connectivity index (χ3v) is 5.06. The van der Waals surface area contributed by atoms with Gasteiger partial charge in [-0.2, -0.15) is 0 Å². The SMILES string of the molecule is C=C/C=C(\C=C)C1=NCc2nnc(C)n2-c2sc(C)c(C)c21. The highest BCUT2D eigenvalue weighted by atomic mass is 32.1. The lowest BCUT2D eigenvalue weighted by Gasteiger charge is -2.09. The molecule has 0 saturated carbocycles. The van der Waals surface area contributed by atoms with Gasteiger partial charge in [-0.15, -0.1) is 21.5 Å². The van der Waals surface area contributed by atoms with Crippen molar-refractivity contribution in [3.63, 3.8) is 0 Å². The zero-order valence-corrected chi connectivity index (χ0v) is 13.9. The molecule has 0 aliphatic carbocycles. The summed E-state index contributed by atoms with van der Waals surface area (Å²) < 4.78 is 2.12. The highest BCUT2D eigenvalue weighted by Crippen LogP contribution is 2.36. The first-order valence-corrected chi connectivity index (χ1v) is 7.91. The van der Waals surface area contributed by atoms with E-state index in [1.165, 1.54) is 10.4 Å². The van der Waals surface area contributed by atoms with Crippen LogP contribution < -0.4 is 0 Å². The fraction of sp³-hybridized carbons (Fsp3) is 0.235. The minimum Gasteiger partial charge on any atom is -0.276 e. The van der Waals surface area contributed by atoms with Gasteiger partial charge < -0.3 is 0 Å². The lowest BCUT2D eigenvalue weighted by Crippen LogP contribution is -2.07. The second-order valence-corrected chi connectivity index (χ2v) is 6.39. The van der Waals surface area contributed by atoms with Gasteiger partial charge in [0.1, 0.15) is 17.4 Å². The number of nitrogens with zero attached hydrogens (tertiary/aromatic N) is 4. The second kappa shape index (κ2) is 5.50. The van der Waals surface area contributed by atoms with Gasteiger partial charge in [-0.1, -0.05) is 31.4 Å². The number of hydrogen-bond donors (Lipinski definition) is 0. The van der Waals surface area contributed by atoms with Crippen LogP contribution in [0.15, 0.2) is 42.0 Å². The number of allylic oxidation sites excluding steroid dienone is 4. The van der Waals surface area contributed by atoms with E-state index in [4.69, 9.17) is 4.99 Å². The maximum Gasteiger partial charge on any atom is 0.160 e. The van der Waals surface area contributed by atoms with Crippen molar-refractivity contribution in [2.45, 2.75) is 27.3 Å². The van der Waals surface area contributed by atoms with Gasteiger partial charge in [0, 0.05) is 10.4 Å². The Kier molecular flexibility index (Phi) is 3.66. The summed E-state index contributed by atoms with van der Waals surface area (Å²) in [6, 6.07) is 0. The molecule has 1 aliphatic heterocycles. The molecule has 0 saturated heterocycles. The molecule has 22 heavy (non-hydrogen) atoms. The predicted molar refractivity (Wildman–Crippen MR) is 92.2 cm³/mol. The lowest BCUT2D eigenvalue weighted by atomic mass is 9.99. The molecular formula is C17H18N4S. The molecule has 2 aromatic heterocycles. The molecule has 112 valence electrons. The molecule has 3 rings (SSSR count). The molecule has 0 amide bonds. The van der Waals surface area contributed by atoms with Gasteiger partial charge in [-0.25, -0.2) is 0 Å². The molecule has 5 heteroatoms. The molecule has 2 aromatic rings. The Labute approximate surface area is 134 Å². The molecule has 1 aliphatic rings. The van der Waals surface area contributed by atoms with Crippen LogP contribution in [-0.2, 0) is 6.54 Å². The zero-order valence-electron chi connectivity index (χ0n) is 13.1. The van der Waals surface area contributed by atoms with E-state index in [2.05, 4.69) is 41.8 Å². The van der Waals surface area contributed by atoms with Gasteiger partial charge >= 0.3 is 0 Å². The molecule has 0 aromatic carbocycles. The van der Waals surface area contributed by atoms with Crippen LogP contribution in [0.25, 0.3) is 5.00 Å². The minimum absolute atomic E-state index is 0.512. The highest BCUT2D eigenvalue weighted by molar-refractivity contribution is 7.15. The van der Waals surface area contributed by atoms with Crippen molar-refractivity contribution >= 4 is 17.0 Å². The molecule has 0 unspecified atom stereocenters. The molecule has 0 atom stereocenters. The van der Waals surface area contributed by atoms with Crippen LogP contribution in [0, 0.1) is 20.8 Å². The standard InChI is InChI=1S/C17H18N4S/c1-6-8-13(7-2)16-15-10(3)11(4)22-17(15)21-12(5)19-20-14(21)9-18-16/h6-8H,1-2,9H2,3-5H3/b13-8+. The molecule has 3 heterocycles. The number of rotatable bonds is 3. The van der Waals surface area contributed by atoms with E-state index in [1.807, 2.05) is 19.1 Å². The Morgan fingerprint density at radius 1 is 1.23 bits per heavy atom. The first-order chi connectivity index (χ1) is 10.6. The van der Waals surface area contributed by atoms with Crippen LogP contribution in [-0.4, -0.2) is 20.5 Å². The van der Waals surface area contributed by atoms with E-state index < -0.39 is 0 Å². The summed E-state index contributed by atoms with van der Waals surface area (Å²) in [5.41, 5.74) is 4.33. The van der Waals surface area contributed by atoms with E-state index in [9.17, 15) is 0 Å². The smallest absolute Gasteiger partial charge is 0.160 e. The van der Waals surface area contributed by atoms with Crippen molar-refractivity contribution in [3.8, 4) is 5.00 Å². The summed E-state index contributed by atoms with van der Waals surface area (Å²) in [7, 11) is 0. The first kappa shape index (κ1) is 14.7. The summed E-state index contributed by atoms with van der Waals surface area (Å²) in [6.45, 7) is 14.5. The largest absolute Gasteiger partial charge is 0.276 e. The molecule has 0 bridgehead atoms. The second-order valence-electron chi connectivity index (χ2n) is 5.19. The van der Waals surface area contributed by atoms with Gasteiger partial charge in [0.25, 0.3) is 0 Å². The Hall–Kier alpha value is -2.27. The molecule has 4 nitrogen and oxygen atoms in total. The Morgan fingerprint density at radius 2 is 2.00 bits per heavy atom. The number of aryl methyl sites for hydroxylation is 2. The lowest BCUT2D eigenvalue weighted by molar-refractivity contribution is 0.869. The third-order valence-electron chi connectivity index (χ3n) is 3.87. The number of hydrogen-bond acceptors (Lipinski definition) is 4. The van der Waals surface area contributed by atoms with Gasteiger partial charge in [0.05, 0.1) is 5.71 Å². The summed E-state index contributed by atoms with van der Waals surface area (Å²) in [4.78, 5) is 6.07. The van der Waals surface area contributed by atoms with Gasteiger partial charge in [-0.3, -0.25) is 9.56 Å². The Bertz CT molecular complexity index is 833. The van der Waals surface area contributed by atoms with E-state index in [-0.39, 0.29) is 0 Å². The van der Waals surface area contributed by atoms with Gasteiger partial charge in [0.2, 0.25) is 0 Å². The van der Waals surface area contributed by atoms with Crippen LogP contribution in [0.2, 0.25) is 0 Å². The van der Waals surface area contributed by atoms with Crippen LogP contribution in [0.3, 0.4) is 0 Å². The Morgan fingerprint density at radius 3 is 2.68 bits per heavy atom. The van der Waals surface area contributed by atoms with Crippen molar-refractivity contribution in [3.05, 3.63) is 64.6 Å². The number of aliphatic imine (C=N–C) groups is 1. The van der Waals surface area contributed by atoms with Crippen LogP contribution in [0.1, 0.15) is 27.7 Å². The predicted octanol–water partition coefficient (Wildman–Crippen LogP) is 3.86. The maximum absolute atomic E-state index is 4.80. The van der Waals surface area contributed by atoms with Crippen LogP contribution in [0.5, 0.6) is 0 Å². The first-order valence-electron chi connectivity index (χ1n) is 7.10. The molecule has 0 radical (unpaired) electrons. The van der Waals surface area contributed by atoms with E-state index in [0.717, 1.165) is 33.5 Å². The number of aromatic nitrogens is 3. The molecular weight excluding hydrogens is 292 g/mol. The topological polar surface area (TPSA) is 43.1 Å². The molecule has 0 fully saturated rings. The normalized spacial score (nSPS) is 14.0. The van der Waals surface area contributed by atoms with Crippen molar-refractivity contribution < 1.29 is 0 Å². The summed E-state index contributed by atoms with van der Waals surface area (Å²) in [6.07, 6.45) is 5.54. The number of fused-ring (bicyclic) bond motifs is 3. The van der Waals surface area contributed by atoms with Gasteiger partial charge in [-0.05, 0) is 31.9 Å². The van der Waals surface area contributed by atoms with E-state index >= 15 is 0 Å². The fourth-order valence-corrected chi connectivity index (χ4v) is 3.88. The zero-order chi connectivity index (χ0) is 15.9. The molecule has 0 spiro atoms. The Balaban J connectivity index is 2.34. The average molecular weight is 310 g/mol. The van der Waals surface area contributed by atoms with Crippen molar-refractivity contribution in [2.75, 3.05) is 0 Å². The third kappa shape index (κ3) is 2.09. The quantitative estimate of drug-likeness (QED) is 0.808. The van der Waals surface area contributed by atoms with Crippen molar-refractivity contribution in [2.24, 2.45) is 4.99 Å².